The van der Waals surface area contributed by atoms with E-state index in [4.69, 9.17) is 11.6 Å². The lowest BCUT2D eigenvalue weighted by atomic mass is 10.1. The highest BCUT2D eigenvalue weighted by molar-refractivity contribution is 6.30. The van der Waals surface area contributed by atoms with E-state index in [1.165, 1.54) is 4.57 Å². The van der Waals surface area contributed by atoms with Gasteiger partial charge in [0.15, 0.2) is 5.82 Å². The van der Waals surface area contributed by atoms with Gasteiger partial charge in [-0.3, -0.25) is 4.57 Å². The van der Waals surface area contributed by atoms with Gasteiger partial charge in [-0.1, -0.05) is 37.1 Å². The van der Waals surface area contributed by atoms with Crippen molar-refractivity contribution >= 4 is 11.6 Å². The van der Waals surface area contributed by atoms with Gasteiger partial charge in [0.25, 0.3) is 0 Å². The molecule has 0 aliphatic carbocycles. The SMILES string of the molecule is CCCCc1nc(C(F)(F)C(F)(F)F)c(CO)n1Cc1ccc(-n2c(Cl)ccc2-c2nnn[nH]2)cc1. The number of unbranched alkanes of at least 4 members (excludes halogenated alkanes) is 1. The number of alkyl halides is 5. The van der Waals surface area contributed by atoms with E-state index in [1.54, 1.807) is 41.0 Å². The number of imidazole rings is 1. The van der Waals surface area contributed by atoms with E-state index in [9.17, 15) is 27.1 Å². The Morgan fingerprint density at radius 2 is 1.78 bits per heavy atom. The van der Waals surface area contributed by atoms with E-state index in [0.717, 1.165) is 0 Å². The molecule has 0 spiro atoms. The van der Waals surface area contributed by atoms with E-state index in [1.807, 2.05) is 6.92 Å². The molecule has 3 aromatic heterocycles. The minimum Gasteiger partial charge on any atom is -0.390 e. The second-order valence-electron chi connectivity index (χ2n) is 8.04. The van der Waals surface area contributed by atoms with Gasteiger partial charge in [-0.15, -0.1) is 5.10 Å². The standard InChI is InChI=1S/C22H21ClF5N7O/c1-2-3-4-18-29-19(21(24,25)22(26,27)28)16(12-36)34(18)11-13-5-7-14(8-6-13)35-15(9-10-17(35)23)20-30-32-33-31-20/h5-10,36H,2-4,11-12H2,1H3,(H,30,31,32,33). The molecule has 0 atom stereocenters. The van der Waals surface area contributed by atoms with E-state index in [2.05, 4.69) is 25.6 Å². The summed E-state index contributed by atoms with van der Waals surface area (Å²) in [7, 11) is 0. The van der Waals surface area contributed by atoms with Crippen LogP contribution in [-0.2, 0) is 25.5 Å². The molecule has 0 amide bonds. The number of aliphatic hydroxyl groups excluding tert-OH is 1. The van der Waals surface area contributed by atoms with Crippen LogP contribution in [0.1, 0.15) is 42.5 Å². The fourth-order valence-corrected chi connectivity index (χ4v) is 4.11. The molecule has 0 aliphatic rings. The van der Waals surface area contributed by atoms with Crippen molar-refractivity contribution in [2.75, 3.05) is 0 Å². The maximum atomic E-state index is 14.2. The topological polar surface area (TPSA) is 97.4 Å². The van der Waals surface area contributed by atoms with Crippen molar-refractivity contribution in [3.8, 4) is 17.2 Å². The summed E-state index contributed by atoms with van der Waals surface area (Å²) in [5, 5.41) is 23.8. The van der Waals surface area contributed by atoms with Gasteiger partial charge >= 0.3 is 12.1 Å². The minimum atomic E-state index is -5.84. The molecular formula is C22H21ClF5N7O. The number of hydrogen-bond donors (Lipinski definition) is 2. The van der Waals surface area contributed by atoms with Crippen LogP contribution < -0.4 is 0 Å². The molecule has 1 aromatic carbocycles. The lowest BCUT2D eigenvalue weighted by Crippen LogP contribution is -2.35. The monoisotopic (exact) mass is 529 g/mol. The minimum absolute atomic E-state index is 0.0532. The lowest BCUT2D eigenvalue weighted by molar-refractivity contribution is -0.291. The predicted octanol–water partition coefficient (Wildman–Crippen LogP) is 5.04. The Hall–Kier alpha value is -3.32. The number of nitrogens with zero attached hydrogens (tertiary/aromatic N) is 6. The average Bonchev–Trinajstić information content (AvgIpc) is 3.56. The fourth-order valence-electron chi connectivity index (χ4n) is 3.86. The molecule has 4 aromatic rings. The zero-order valence-corrected chi connectivity index (χ0v) is 19.7. The highest BCUT2D eigenvalue weighted by atomic mass is 35.5. The number of aromatic amines is 1. The quantitative estimate of drug-likeness (QED) is 0.296. The Balaban J connectivity index is 1.70. The Kier molecular flexibility index (Phi) is 7.14. The predicted molar refractivity (Wildman–Crippen MR) is 120 cm³/mol. The summed E-state index contributed by atoms with van der Waals surface area (Å²) in [6.07, 6.45) is -4.44. The molecule has 0 saturated heterocycles. The van der Waals surface area contributed by atoms with Crippen LogP contribution in [0.15, 0.2) is 36.4 Å². The maximum absolute atomic E-state index is 14.2. The molecule has 4 rings (SSSR count). The highest BCUT2D eigenvalue weighted by Gasteiger charge is 2.61. The first-order valence-corrected chi connectivity index (χ1v) is 11.3. The fraction of sp³-hybridized carbons (Fsp3) is 0.364. The Morgan fingerprint density at radius 1 is 1.06 bits per heavy atom. The third-order valence-corrected chi connectivity index (χ3v) is 5.96. The van der Waals surface area contributed by atoms with E-state index < -0.39 is 30.1 Å². The van der Waals surface area contributed by atoms with Gasteiger partial charge in [-0.25, -0.2) is 10.1 Å². The van der Waals surface area contributed by atoms with Crippen LogP contribution >= 0.6 is 11.6 Å². The Morgan fingerprint density at radius 3 is 2.36 bits per heavy atom. The summed E-state index contributed by atoms with van der Waals surface area (Å²) >= 11 is 6.33. The van der Waals surface area contributed by atoms with Crippen molar-refractivity contribution in [1.82, 2.24) is 34.7 Å². The summed E-state index contributed by atoms with van der Waals surface area (Å²) in [6, 6.07) is 10.2. The van der Waals surface area contributed by atoms with Gasteiger partial charge in [0, 0.05) is 18.7 Å². The molecule has 0 aliphatic heterocycles. The zero-order chi connectivity index (χ0) is 26.1. The first kappa shape index (κ1) is 25.8. The van der Waals surface area contributed by atoms with Crippen LogP contribution in [0.5, 0.6) is 0 Å². The van der Waals surface area contributed by atoms with E-state index in [-0.39, 0.29) is 18.8 Å². The molecule has 2 N–H and O–H groups in total. The molecule has 0 saturated carbocycles. The Labute approximate surface area is 206 Å². The summed E-state index contributed by atoms with van der Waals surface area (Å²) in [5.74, 6) is -4.76. The van der Waals surface area contributed by atoms with Gasteiger partial charge in [0.05, 0.1) is 18.0 Å². The third-order valence-electron chi connectivity index (χ3n) is 5.67. The molecular weight excluding hydrogens is 509 g/mol. The van der Waals surface area contributed by atoms with Gasteiger partial charge in [0.2, 0.25) is 0 Å². The number of aromatic nitrogens is 7. The Bertz CT molecular complexity index is 1310. The maximum Gasteiger partial charge on any atom is 0.459 e. The van der Waals surface area contributed by atoms with Gasteiger partial charge in [-0.2, -0.15) is 22.0 Å². The van der Waals surface area contributed by atoms with Gasteiger partial charge in [-0.05, 0) is 46.7 Å². The molecule has 0 fully saturated rings. The zero-order valence-electron chi connectivity index (χ0n) is 18.9. The largest absolute Gasteiger partial charge is 0.459 e. The molecule has 14 heteroatoms. The van der Waals surface area contributed by atoms with Crippen molar-refractivity contribution < 1.29 is 27.1 Å². The van der Waals surface area contributed by atoms with E-state index in [0.29, 0.717) is 40.8 Å². The highest BCUT2D eigenvalue weighted by Crippen LogP contribution is 2.45. The number of aryl methyl sites for hydroxylation is 1. The second kappa shape index (κ2) is 9.97. The van der Waals surface area contributed by atoms with Crippen molar-refractivity contribution in [1.29, 1.82) is 0 Å². The number of rotatable bonds is 9. The van der Waals surface area contributed by atoms with E-state index >= 15 is 0 Å². The van der Waals surface area contributed by atoms with Crippen molar-refractivity contribution in [3.05, 3.63) is 64.3 Å². The molecule has 3 heterocycles. The molecule has 8 nitrogen and oxygen atoms in total. The molecule has 0 unspecified atom stereocenters. The van der Waals surface area contributed by atoms with Gasteiger partial charge in [0.1, 0.15) is 16.7 Å². The summed E-state index contributed by atoms with van der Waals surface area (Å²) in [4.78, 5) is 3.65. The van der Waals surface area contributed by atoms with Crippen LogP contribution in [0.25, 0.3) is 17.2 Å². The van der Waals surface area contributed by atoms with Crippen molar-refractivity contribution in [3.63, 3.8) is 0 Å². The molecule has 0 bridgehead atoms. The van der Waals surface area contributed by atoms with Crippen LogP contribution in [0, 0.1) is 0 Å². The number of H-pyrrole nitrogens is 1. The normalized spacial score (nSPS) is 12.4. The second-order valence-corrected chi connectivity index (χ2v) is 8.42. The number of hydrogen-bond acceptors (Lipinski definition) is 5. The summed E-state index contributed by atoms with van der Waals surface area (Å²) in [5.41, 5.74) is -0.207. The molecule has 192 valence electrons. The van der Waals surface area contributed by atoms with Crippen LogP contribution in [0.2, 0.25) is 5.15 Å². The third kappa shape index (κ3) is 4.72. The number of halogens is 6. The lowest BCUT2D eigenvalue weighted by Gasteiger charge is -2.19. The summed E-state index contributed by atoms with van der Waals surface area (Å²) in [6.45, 7) is 0.778. The van der Waals surface area contributed by atoms with Crippen molar-refractivity contribution in [2.24, 2.45) is 0 Å². The van der Waals surface area contributed by atoms with Crippen LogP contribution in [0.4, 0.5) is 22.0 Å². The first-order chi connectivity index (χ1) is 17.1. The number of nitrogens with one attached hydrogen (secondary N) is 1. The number of tetrazole rings is 1. The smallest absolute Gasteiger partial charge is 0.390 e. The summed E-state index contributed by atoms with van der Waals surface area (Å²) < 4.78 is 70.6. The van der Waals surface area contributed by atoms with Crippen LogP contribution in [-0.4, -0.2) is 46.0 Å². The first-order valence-electron chi connectivity index (χ1n) is 10.9. The number of benzene rings is 1. The molecule has 0 radical (unpaired) electrons. The van der Waals surface area contributed by atoms with Crippen molar-refractivity contribution in [2.45, 2.75) is 51.4 Å². The van der Waals surface area contributed by atoms with Gasteiger partial charge < -0.3 is 9.67 Å². The van der Waals surface area contributed by atoms with Crippen LogP contribution in [0.3, 0.4) is 0 Å². The number of aliphatic hydroxyl groups is 1. The molecule has 36 heavy (non-hydrogen) atoms. The average molecular weight is 530 g/mol.